The Labute approximate surface area is 125 Å². The second kappa shape index (κ2) is 5.49. The van der Waals surface area contributed by atoms with Gasteiger partial charge in [0.1, 0.15) is 5.52 Å². The van der Waals surface area contributed by atoms with Gasteiger partial charge in [0, 0.05) is 4.88 Å². The van der Waals surface area contributed by atoms with Crippen LogP contribution in [0.1, 0.15) is 24.3 Å². The fourth-order valence-electron chi connectivity index (χ4n) is 2.08. The molecule has 0 aliphatic carbocycles. The lowest BCUT2D eigenvalue weighted by molar-refractivity contribution is 0.765. The Kier molecular flexibility index (Phi) is 3.73. The van der Waals surface area contributed by atoms with Crippen LogP contribution in [0.2, 0.25) is 5.02 Å². The van der Waals surface area contributed by atoms with E-state index >= 15 is 0 Å². The molecule has 0 amide bonds. The van der Waals surface area contributed by atoms with Crippen LogP contribution < -0.4 is 5.32 Å². The van der Waals surface area contributed by atoms with Gasteiger partial charge in [-0.1, -0.05) is 24.6 Å². The quantitative estimate of drug-likeness (QED) is 0.681. The molecule has 0 bridgehead atoms. The highest BCUT2D eigenvalue weighted by Crippen LogP contribution is 2.36. The lowest BCUT2D eigenvalue weighted by Crippen LogP contribution is -2.08. The maximum atomic E-state index is 6.33. The number of thiazole rings is 1. The molecule has 0 radical (unpaired) electrons. The van der Waals surface area contributed by atoms with Crippen LogP contribution in [0.3, 0.4) is 0 Å². The van der Waals surface area contributed by atoms with Crippen molar-refractivity contribution < 1.29 is 0 Å². The van der Waals surface area contributed by atoms with Gasteiger partial charge >= 0.3 is 0 Å². The summed E-state index contributed by atoms with van der Waals surface area (Å²) < 4.78 is 1.16. The van der Waals surface area contributed by atoms with Crippen molar-refractivity contribution in [2.75, 3.05) is 5.32 Å². The van der Waals surface area contributed by atoms with E-state index in [9.17, 15) is 0 Å². The molecule has 98 valence electrons. The van der Waals surface area contributed by atoms with Crippen LogP contribution >= 0.6 is 34.3 Å². The van der Waals surface area contributed by atoms with E-state index in [0.717, 1.165) is 27.3 Å². The summed E-state index contributed by atoms with van der Waals surface area (Å²) in [6.45, 7) is 2.17. The predicted molar refractivity (Wildman–Crippen MR) is 85.6 cm³/mol. The number of aromatic nitrogens is 1. The summed E-state index contributed by atoms with van der Waals surface area (Å²) in [5, 5.41) is 6.38. The molecule has 2 heterocycles. The summed E-state index contributed by atoms with van der Waals surface area (Å²) in [5.74, 6) is 0. The fourth-order valence-corrected chi connectivity index (χ4v) is 3.83. The minimum atomic E-state index is 0.282. The normalized spacial score (nSPS) is 12.7. The molecule has 0 fully saturated rings. The number of thiophene rings is 1. The molecule has 3 rings (SSSR count). The summed E-state index contributed by atoms with van der Waals surface area (Å²) in [4.78, 5) is 5.75. The first-order chi connectivity index (χ1) is 9.29. The van der Waals surface area contributed by atoms with Gasteiger partial charge in [0.15, 0.2) is 0 Å². The first-order valence-corrected chi connectivity index (χ1v) is 8.25. The molecule has 1 N–H and O–H groups in total. The molecule has 1 unspecified atom stereocenters. The molecular weight excluding hydrogens is 296 g/mol. The van der Waals surface area contributed by atoms with Gasteiger partial charge in [-0.05, 0) is 30.0 Å². The van der Waals surface area contributed by atoms with Crippen molar-refractivity contribution in [2.45, 2.75) is 19.4 Å². The van der Waals surface area contributed by atoms with Gasteiger partial charge in [0.25, 0.3) is 0 Å². The molecule has 3 aromatic rings. The maximum Gasteiger partial charge on any atom is 0.106 e. The average molecular weight is 309 g/mol. The lowest BCUT2D eigenvalue weighted by Gasteiger charge is -2.18. The van der Waals surface area contributed by atoms with Crippen molar-refractivity contribution in [1.82, 2.24) is 4.98 Å². The third-order valence-corrected chi connectivity index (χ3v) is 5.16. The number of rotatable bonds is 4. The Hall–Kier alpha value is -1.10. The summed E-state index contributed by atoms with van der Waals surface area (Å²) in [5.41, 5.74) is 3.77. The zero-order valence-electron chi connectivity index (χ0n) is 10.4. The van der Waals surface area contributed by atoms with E-state index < -0.39 is 0 Å². The third-order valence-electron chi connectivity index (χ3n) is 3.06. The SMILES string of the molecule is CCC(Nc1c(Cl)ccc2scnc12)c1cccs1. The number of halogens is 1. The van der Waals surface area contributed by atoms with E-state index in [-0.39, 0.29) is 6.04 Å². The van der Waals surface area contributed by atoms with Gasteiger partial charge in [0.2, 0.25) is 0 Å². The summed E-state index contributed by atoms with van der Waals surface area (Å²) in [7, 11) is 0. The second-order valence-electron chi connectivity index (χ2n) is 4.24. The number of nitrogens with zero attached hydrogens (tertiary/aromatic N) is 1. The second-order valence-corrected chi connectivity index (χ2v) is 6.51. The zero-order chi connectivity index (χ0) is 13.2. The van der Waals surface area contributed by atoms with Crippen molar-refractivity contribution >= 4 is 50.2 Å². The van der Waals surface area contributed by atoms with Crippen LogP contribution in [-0.2, 0) is 0 Å². The van der Waals surface area contributed by atoms with Crippen molar-refractivity contribution in [3.63, 3.8) is 0 Å². The highest BCUT2D eigenvalue weighted by molar-refractivity contribution is 7.16. The average Bonchev–Trinajstić information content (AvgIpc) is 3.08. The van der Waals surface area contributed by atoms with Crippen molar-refractivity contribution in [2.24, 2.45) is 0 Å². The van der Waals surface area contributed by atoms with Gasteiger partial charge in [-0.3, -0.25) is 0 Å². The molecule has 0 saturated heterocycles. The van der Waals surface area contributed by atoms with E-state index in [1.54, 1.807) is 22.7 Å². The minimum Gasteiger partial charge on any atom is -0.374 e. The van der Waals surface area contributed by atoms with Gasteiger partial charge in [0.05, 0.1) is 27.0 Å². The van der Waals surface area contributed by atoms with E-state index in [1.807, 2.05) is 17.6 Å². The Bertz CT molecular complexity index is 676. The van der Waals surface area contributed by atoms with Gasteiger partial charge < -0.3 is 5.32 Å². The van der Waals surface area contributed by atoms with Crippen molar-refractivity contribution in [1.29, 1.82) is 0 Å². The van der Waals surface area contributed by atoms with E-state index in [1.165, 1.54) is 4.88 Å². The first-order valence-electron chi connectivity index (χ1n) is 6.11. The van der Waals surface area contributed by atoms with Crippen molar-refractivity contribution in [3.05, 3.63) is 45.1 Å². The summed E-state index contributed by atoms with van der Waals surface area (Å²) >= 11 is 9.73. The van der Waals surface area contributed by atoms with Crippen LogP contribution in [0.15, 0.2) is 35.2 Å². The topological polar surface area (TPSA) is 24.9 Å². The number of benzene rings is 1. The molecule has 0 aliphatic heterocycles. The first kappa shape index (κ1) is 12.9. The van der Waals surface area contributed by atoms with E-state index in [0.29, 0.717) is 0 Å². The van der Waals surface area contributed by atoms with E-state index in [2.05, 4.69) is 34.7 Å². The van der Waals surface area contributed by atoms with Gasteiger partial charge in [-0.25, -0.2) is 4.98 Å². The number of anilines is 1. The standard InChI is InChI=1S/C14H13ClN2S2/c1-2-10(11-4-3-7-18-11)17-13-9(15)5-6-12-14(13)16-8-19-12/h3-8,10,17H,2H2,1H3. The molecule has 1 aromatic carbocycles. The van der Waals surface area contributed by atoms with Crippen molar-refractivity contribution in [3.8, 4) is 0 Å². The van der Waals surface area contributed by atoms with Crippen LogP contribution in [0.25, 0.3) is 10.2 Å². The number of hydrogen-bond acceptors (Lipinski definition) is 4. The monoisotopic (exact) mass is 308 g/mol. The molecular formula is C14H13ClN2S2. The van der Waals surface area contributed by atoms with Gasteiger partial charge in [-0.15, -0.1) is 22.7 Å². The fraction of sp³-hybridized carbons (Fsp3) is 0.214. The highest BCUT2D eigenvalue weighted by atomic mass is 35.5. The molecule has 0 saturated carbocycles. The highest BCUT2D eigenvalue weighted by Gasteiger charge is 2.15. The largest absolute Gasteiger partial charge is 0.374 e. The van der Waals surface area contributed by atoms with Crippen LogP contribution in [0.4, 0.5) is 5.69 Å². The molecule has 0 aliphatic rings. The summed E-state index contributed by atoms with van der Waals surface area (Å²) in [6, 6.07) is 8.47. The molecule has 19 heavy (non-hydrogen) atoms. The Balaban J connectivity index is 2.00. The minimum absolute atomic E-state index is 0.282. The van der Waals surface area contributed by atoms with Crippen LogP contribution in [0, 0.1) is 0 Å². The Morgan fingerprint density at radius 1 is 1.32 bits per heavy atom. The Morgan fingerprint density at radius 3 is 2.95 bits per heavy atom. The molecule has 5 heteroatoms. The number of hydrogen-bond donors (Lipinski definition) is 1. The maximum absolute atomic E-state index is 6.33. The van der Waals surface area contributed by atoms with Gasteiger partial charge in [-0.2, -0.15) is 0 Å². The number of nitrogens with one attached hydrogen (secondary N) is 1. The smallest absolute Gasteiger partial charge is 0.106 e. The molecule has 2 nitrogen and oxygen atoms in total. The van der Waals surface area contributed by atoms with Crippen LogP contribution in [-0.4, -0.2) is 4.98 Å². The molecule has 0 spiro atoms. The Morgan fingerprint density at radius 2 is 2.21 bits per heavy atom. The predicted octanol–water partition coefficient (Wildman–Crippen LogP) is 5.57. The van der Waals surface area contributed by atoms with E-state index in [4.69, 9.17) is 11.6 Å². The third kappa shape index (κ3) is 2.48. The summed E-state index contributed by atoms with van der Waals surface area (Å²) in [6.07, 6.45) is 1.01. The lowest BCUT2D eigenvalue weighted by atomic mass is 10.1. The number of fused-ring (bicyclic) bond motifs is 1. The van der Waals surface area contributed by atoms with Crippen LogP contribution in [0.5, 0.6) is 0 Å². The molecule has 1 atom stereocenters. The molecule has 2 aromatic heterocycles. The zero-order valence-corrected chi connectivity index (χ0v) is 12.8.